The molecular formula is C24H51N2NaO7S. The quantitative estimate of drug-likeness (QED) is 0.0612. The normalized spacial score (nSPS) is 10.6. The second kappa shape index (κ2) is 30.0. The summed E-state index contributed by atoms with van der Waals surface area (Å²) in [6, 6.07) is 0. The van der Waals surface area contributed by atoms with Crippen molar-refractivity contribution >= 4 is 51.8 Å². The molecule has 0 spiro atoms. The number of unbranched alkanes of at least 4 members (excludes halogenated alkanes) is 16. The van der Waals surface area contributed by atoms with Crippen molar-refractivity contribution in [1.29, 1.82) is 0 Å². The number of carbonyl (C=O) groups is 2. The van der Waals surface area contributed by atoms with Crippen LogP contribution < -0.4 is 11.0 Å². The summed E-state index contributed by atoms with van der Waals surface area (Å²) < 4.78 is 31.6. The zero-order valence-electron chi connectivity index (χ0n) is 21.5. The van der Waals surface area contributed by atoms with Crippen LogP contribution in [0.3, 0.4) is 0 Å². The molecule has 35 heavy (non-hydrogen) atoms. The van der Waals surface area contributed by atoms with Gasteiger partial charge in [-0.25, -0.2) is 11.0 Å². The number of hydroxylamine groups is 2. The summed E-state index contributed by atoms with van der Waals surface area (Å²) in [4.78, 5) is 28.2. The molecule has 0 saturated carbocycles. The van der Waals surface area contributed by atoms with Gasteiger partial charge in [-0.2, -0.15) is 13.4 Å². The molecule has 0 bridgehead atoms. The third kappa shape index (κ3) is 44.2. The summed E-state index contributed by atoms with van der Waals surface area (Å²) in [6.07, 6.45) is 22.9. The minimum atomic E-state index is -4.67. The van der Waals surface area contributed by atoms with E-state index >= 15 is 0 Å². The summed E-state index contributed by atoms with van der Waals surface area (Å²) >= 11 is 0. The van der Waals surface area contributed by atoms with Crippen molar-refractivity contribution in [3.05, 3.63) is 0 Å². The number of hydrogen-bond acceptors (Lipinski definition) is 5. The molecule has 0 saturated heterocycles. The van der Waals surface area contributed by atoms with Crippen molar-refractivity contribution in [2.24, 2.45) is 0 Å². The van der Waals surface area contributed by atoms with Gasteiger partial charge in [-0.15, -0.1) is 0 Å². The molecule has 0 aromatic rings. The van der Waals surface area contributed by atoms with Gasteiger partial charge in [0, 0.05) is 12.8 Å². The third-order valence-electron chi connectivity index (χ3n) is 5.34. The maximum absolute atomic E-state index is 11.7. The topological polar surface area (TPSA) is 142 Å². The second-order valence-corrected chi connectivity index (χ2v) is 9.65. The average molecular weight is 535 g/mol. The van der Waals surface area contributed by atoms with Crippen molar-refractivity contribution in [3.8, 4) is 0 Å². The Bertz CT molecular complexity index is 536. The first-order valence-electron chi connectivity index (χ1n) is 13.1. The van der Waals surface area contributed by atoms with Gasteiger partial charge >= 0.3 is 40.0 Å². The summed E-state index contributed by atoms with van der Waals surface area (Å²) in [7, 11) is -4.67. The Balaban J connectivity index is -0.00000154. The van der Waals surface area contributed by atoms with Crippen LogP contribution in [0.4, 0.5) is 0 Å². The molecule has 0 aliphatic heterocycles. The molecule has 0 aromatic carbocycles. The van der Waals surface area contributed by atoms with E-state index in [1.807, 2.05) is 0 Å². The Morgan fingerprint density at radius 3 is 1.06 bits per heavy atom. The monoisotopic (exact) mass is 534 g/mol. The van der Waals surface area contributed by atoms with Gasteiger partial charge in [-0.1, -0.05) is 117 Å². The van der Waals surface area contributed by atoms with Crippen LogP contribution in [0, 0.1) is 0 Å². The molecule has 0 aliphatic carbocycles. The van der Waals surface area contributed by atoms with Crippen LogP contribution in [0.5, 0.6) is 0 Å². The third-order valence-corrected chi connectivity index (χ3v) is 5.34. The molecule has 9 nitrogen and oxygen atoms in total. The Labute approximate surface area is 236 Å². The van der Waals surface area contributed by atoms with Gasteiger partial charge in [-0.3, -0.25) is 18.7 Å². The Morgan fingerprint density at radius 1 is 0.571 bits per heavy atom. The summed E-state index contributed by atoms with van der Waals surface area (Å²) in [5.74, 6) is -0.340. The van der Waals surface area contributed by atoms with Crippen LogP contribution in [-0.2, 0) is 24.9 Å². The molecule has 0 heterocycles. The van der Waals surface area contributed by atoms with Gasteiger partial charge in [0.1, 0.15) is 0 Å². The SMILES string of the molecule is CCCCCCCCCCCC(=O)NONC(=O)CCCCCCCCCCC.O=S(=O)(O)O.[NaH]. The van der Waals surface area contributed by atoms with Crippen LogP contribution in [0.15, 0.2) is 0 Å². The fourth-order valence-electron chi connectivity index (χ4n) is 3.43. The van der Waals surface area contributed by atoms with Crippen molar-refractivity contribution < 1.29 is 32.1 Å². The van der Waals surface area contributed by atoms with E-state index in [0.29, 0.717) is 12.8 Å². The Hall–Kier alpha value is -0.230. The Kier molecular flexibility index (Phi) is 33.7. The van der Waals surface area contributed by atoms with Gasteiger partial charge in [-0.05, 0) is 12.8 Å². The summed E-state index contributed by atoms with van der Waals surface area (Å²) in [6.45, 7) is 4.47. The van der Waals surface area contributed by atoms with Crippen molar-refractivity contribution in [1.82, 2.24) is 11.0 Å². The summed E-state index contributed by atoms with van der Waals surface area (Å²) in [5, 5.41) is 0. The zero-order valence-corrected chi connectivity index (χ0v) is 22.3. The van der Waals surface area contributed by atoms with Crippen molar-refractivity contribution in [2.75, 3.05) is 0 Å². The van der Waals surface area contributed by atoms with E-state index in [1.165, 1.54) is 89.9 Å². The van der Waals surface area contributed by atoms with Gasteiger partial charge < -0.3 is 0 Å². The van der Waals surface area contributed by atoms with E-state index < -0.39 is 10.4 Å². The van der Waals surface area contributed by atoms with Gasteiger partial charge in [0.25, 0.3) is 0 Å². The molecule has 4 N–H and O–H groups in total. The fraction of sp³-hybridized carbons (Fsp3) is 0.917. The van der Waals surface area contributed by atoms with Gasteiger partial charge in [0.15, 0.2) is 0 Å². The van der Waals surface area contributed by atoms with Crippen LogP contribution in [0.25, 0.3) is 0 Å². The van der Waals surface area contributed by atoms with E-state index in [9.17, 15) is 9.59 Å². The molecule has 11 heteroatoms. The maximum atomic E-state index is 11.7. The van der Waals surface area contributed by atoms with Crippen LogP contribution in [-0.4, -0.2) is 58.9 Å². The zero-order chi connectivity index (χ0) is 25.9. The average Bonchev–Trinajstić information content (AvgIpc) is 2.75. The molecule has 0 aliphatic rings. The predicted octanol–water partition coefficient (Wildman–Crippen LogP) is 5.61. The molecule has 0 rings (SSSR count). The first kappa shape index (κ1) is 39.3. The van der Waals surface area contributed by atoms with E-state index in [2.05, 4.69) is 24.8 Å². The van der Waals surface area contributed by atoms with E-state index in [1.54, 1.807) is 0 Å². The summed E-state index contributed by atoms with van der Waals surface area (Å²) in [5.41, 5.74) is 4.61. The Morgan fingerprint density at radius 2 is 0.800 bits per heavy atom. The molecular weight excluding hydrogens is 483 g/mol. The first-order chi connectivity index (χ1) is 16.2. The fourth-order valence-corrected chi connectivity index (χ4v) is 3.43. The van der Waals surface area contributed by atoms with Crippen molar-refractivity contribution in [2.45, 2.75) is 142 Å². The van der Waals surface area contributed by atoms with E-state index in [0.717, 1.165) is 25.7 Å². The molecule has 0 radical (unpaired) electrons. The molecule has 0 fully saturated rings. The molecule has 206 valence electrons. The number of nitrogens with one attached hydrogen (secondary N) is 2. The molecule has 0 atom stereocenters. The number of hydrogen-bond donors (Lipinski definition) is 4. The second-order valence-electron chi connectivity index (χ2n) is 8.76. The van der Waals surface area contributed by atoms with Crippen molar-refractivity contribution in [3.63, 3.8) is 0 Å². The molecule has 2 amide bonds. The molecule has 0 aromatic heterocycles. The number of rotatable bonds is 22. The van der Waals surface area contributed by atoms with E-state index in [4.69, 9.17) is 22.5 Å². The number of amides is 2. The van der Waals surface area contributed by atoms with Crippen LogP contribution >= 0.6 is 0 Å². The van der Waals surface area contributed by atoms with Crippen LogP contribution in [0.2, 0.25) is 0 Å². The van der Waals surface area contributed by atoms with Crippen LogP contribution in [0.1, 0.15) is 142 Å². The first-order valence-corrected chi connectivity index (χ1v) is 14.5. The van der Waals surface area contributed by atoms with Gasteiger partial charge in [0.05, 0.1) is 0 Å². The minimum absolute atomic E-state index is 0. The number of carbonyl (C=O) groups excluding carboxylic acids is 2. The molecule has 0 unspecified atom stereocenters. The van der Waals surface area contributed by atoms with Gasteiger partial charge in [0.2, 0.25) is 11.8 Å². The predicted molar refractivity (Wildman–Crippen MR) is 142 cm³/mol. The van der Waals surface area contributed by atoms with E-state index in [-0.39, 0.29) is 41.4 Å². The standard InChI is InChI=1S/C24H48N2O3.Na.H2O4S.H/c1-3-5-7-9-11-13-15-17-19-21-23(27)25-29-26-24(28)22-20-18-16-14-12-10-8-6-4-2;;1-5(2,3)4;/h3-22H2,1-2H3,(H,25,27)(H,26,28);;(H2,1,2,3,4);.